The van der Waals surface area contributed by atoms with E-state index >= 15 is 0 Å². The molecule has 0 saturated carbocycles. The Balaban J connectivity index is 0.000000216. The molecule has 13 nitrogen and oxygen atoms in total. The number of benzene rings is 2. The van der Waals surface area contributed by atoms with Crippen molar-refractivity contribution >= 4 is 32.4 Å². The molecule has 244 valence electrons. The minimum Gasteiger partial charge on any atom is -0.465 e. The Hall–Kier alpha value is -5.26. The minimum atomic E-state index is -3.66. The lowest BCUT2D eigenvalue weighted by Crippen LogP contribution is -2.37. The van der Waals surface area contributed by atoms with Crippen molar-refractivity contribution in [2.24, 2.45) is 14.1 Å². The average molecular weight is 666 g/mol. The van der Waals surface area contributed by atoms with Gasteiger partial charge < -0.3 is 15.5 Å². The summed E-state index contributed by atoms with van der Waals surface area (Å²) in [4.78, 5) is 38.5. The highest BCUT2D eigenvalue weighted by molar-refractivity contribution is 7.89. The van der Waals surface area contributed by atoms with Crippen LogP contribution < -0.4 is 17.0 Å². The van der Waals surface area contributed by atoms with Gasteiger partial charge in [0.2, 0.25) is 0 Å². The lowest BCUT2D eigenvalue weighted by molar-refractivity contribution is 0.0601. The molecule has 0 amide bonds. The number of carbonyl (C=O) groups excluding carboxylic acids is 1. The molecule has 0 bridgehead atoms. The third-order valence-corrected chi connectivity index (χ3v) is 7.53. The zero-order valence-corrected chi connectivity index (χ0v) is 25.5. The number of alkyl halides is 4. The molecule has 18 heteroatoms. The van der Waals surface area contributed by atoms with E-state index in [0.29, 0.717) is 16.0 Å². The number of aryl methyl sites for hydroxylation is 2. The van der Waals surface area contributed by atoms with Crippen LogP contribution in [0.2, 0.25) is 0 Å². The van der Waals surface area contributed by atoms with Gasteiger partial charge in [0.05, 0.1) is 35.0 Å². The van der Waals surface area contributed by atoms with E-state index in [1.807, 2.05) is 0 Å². The number of hydrogen-bond acceptors (Lipinski definition) is 9. The zero-order chi connectivity index (χ0) is 34.1. The van der Waals surface area contributed by atoms with Gasteiger partial charge in [-0.3, -0.25) is 14.2 Å². The van der Waals surface area contributed by atoms with E-state index in [2.05, 4.69) is 19.9 Å². The number of H-pyrrole nitrogens is 1. The number of methoxy groups -OCH3 is 1. The number of esters is 1. The van der Waals surface area contributed by atoms with Crippen LogP contribution in [-0.4, -0.2) is 56.9 Å². The van der Waals surface area contributed by atoms with Crippen LogP contribution in [0.1, 0.15) is 34.3 Å². The van der Waals surface area contributed by atoms with Gasteiger partial charge in [-0.15, -0.1) is 0 Å². The number of ether oxygens (including phenoxy) is 1. The van der Waals surface area contributed by atoms with Gasteiger partial charge in [-0.2, -0.15) is 10.2 Å². The third kappa shape index (κ3) is 6.85. The molecule has 0 unspecified atom stereocenters. The van der Waals surface area contributed by atoms with E-state index < -0.39 is 45.8 Å². The van der Waals surface area contributed by atoms with Crippen molar-refractivity contribution in [2.45, 2.75) is 18.7 Å². The smallest absolute Gasteiger partial charge is 0.339 e. The maximum Gasteiger partial charge on any atom is 0.339 e. The minimum absolute atomic E-state index is 0.0435. The molecule has 0 fully saturated rings. The molecular weight excluding hydrogens is 638 g/mol. The Labute approximate surface area is 257 Å². The number of aromatic amines is 1. The van der Waals surface area contributed by atoms with E-state index in [9.17, 15) is 40.4 Å². The predicted molar refractivity (Wildman–Crippen MR) is 160 cm³/mol. The summed E-state index contributed by atoms with van der Waals surface area (Å²) in [6.45, 7) is 0. The molecule has 0 aliphatic carbocycles. The number of nitrogens with two attached hydrogens (primary N) is 1. The van der Waals surface area contributed by atoms with E-state index in [-0.39, 0.29) is 44.4 Å². The number of sulfone groups is 1. The molecule has 5 aromatic rings. The second kappa shape index (κ2) is 13.0. The first kappa shape index (κ1) is 33.6. The van der Waals surface area contributed by atoms with Gasteiger partial charge in [0.15, 0.2) is 9.84 Å². The summed E-state index contributed by atoms with van der Waals surface area (Å²) in [7, 11) is 0.720. The molecular formula is C28H27F4N7O6S. The Morgan fingerprint density at radius 1 is 0.935 bits per heavy atom. The van der Waals surface area contributed by atoms with E-state index in [0.717, 1.165) is 18.4 Å². The Bertz CT molecular complexity index is 2170. The van der Waals surface area contributed by atoms with Gasteiger partial charge in [0.25, 0.3) is 18.4 Å². The Morgan fingerprint density at radius 3 is 1.91 bits per heavy atom. The van der Waals surface area contributed by atoms with Crippen molar-refractivity contribution in [3.05, 3.63) is 86.3 Å². The maximum atomic E-state index is 13.5. The monoisotopic (exact) mass is 665 g/mol. The summed E-state index contributed by atoms with van der Waals surface area (Å²) in [6.07, 6.45) is -1.79. The fourth-order valence-corrected chi connectivity index (χ4v) is 5.37. The molecule has 0 spiro atoms. The number of nitrogens with zero attached hydrogens (tertiary/aromatic N) is 5. The number of hydrogen-bond donors (Lipinski definition) is 2. The van der Waals surface area contributed by atoms with Gasteiger partial charge in [0, 0.05) is 60.7 Å². The highest BCUT2D eigenvalue weighted by Gasteiger charge is 2.23. The summed E-state index contributed by atoms with van der Waals surface area (Å²) in [5.74, 6) is -1.49. The summed E-state index contributed by atoms with van der Waals surface area (Å²) >= 11 is 0. The zero-order valence-electron chi connectivity index (χ0n) is 24.7. The van der Waals surface area contributed by atoms with Crippen LogP contribution in [0.5, 0.6) is 0 Å². The fraction of sp³-hybridized carbons (Fsp3) is 0.250. The molecule has 2 aromatic carbocycles. The molecule has 46 heavy (non-hydrogen) atoms. The van der Waals surface area contributed by atoms with Crippen LogP contribution in [-0.2, 0) is 34.5 Å². The lowest BCUT2D eigenvalue weighted by Gasteiger charge is -2.13. The van der Waals surface area contributed by atoms with Crippen molar-refractivity contribution in [1.29, 1.82) is 0 Å². The van der Waals surface area contributed by atoms with Crippen molar-refractivity contribution in [3.63, 3.8) is 0 Å². The number of rotatable bonds is 7. The van der Waals surface area contributed by atoms with Crippen molar-refractivity contribution in [3.8, 4) is 22.5 Å². The van der Waals surface area contributed by atoms with Crippen LogP contribution in [0.15, 0.2) is 58.4 Å². The van der Waals surface area contributed by atoms with Crippen LogP contribution in [0.3, 0.4) is 0 Å². The standard InChI is InChI=1S/C15H14F2N4O4S.C13H13F2N3O2/c1-20-12(3-4-18-20)8-5-10-11(6-9(8)13(16)17)19-15(23)21(14(10)22)7-26(2,24)25;1-18-11(3-4-17-18)7-5-9(13(19)20-2)10(16)6-8(7)12(14)15/h3-6,13H,7H2,1-2H3,(H,19,23);3-6,12H,16H2,1-2H3. The summed E-state index contributed by atoms with van der Waals surface area (Å²) in [5, 5.41) is 7.79. The van der Waals surface area contributed by atoms with Gasteiger partial charge >= 0.3 is 11.7 Å². The number of carbonyl (C=O) groups is 1. The average Bonchev–Trinajstić information content (AvgIpc) is 3.61. The molecule has 0 saturated heterocycles. The first-order valence-electron chi connectivity index (χ1n) is 13.1. The normalized spacial score (nSPS) is 11.6. The van der Waals surface area contributed by atoms with Crippen molar-refractivity contribution in [1.82, 2.24) is 29.1 Å². The van der Waals surface area contributed by atoms with Crippen molar-refractivity contribution < 1.29 is 35.5 Å². The van der Waals surface area contributed by atoms with Gasteiger partial charge in [0.1, 0.15) is 5.88 Å². The molecule has 0 aliphatic heterocycles. The number of nitrogens with one attached hydrogen (secondary N) is 1. The molecule has 3 aromatic heterocycles. The number of fused-ring (bicyclic) bond motifs is 1. The van der Waals surface area contributed by atoms with Gasteiger partial charge in [-0.1, -0.05) is 0 Å². The summed E-state index contributed by atoms with van der Waals surface area (Å²) in [6, 6.07) is 7.73. The summed E-state index contributed by atoms with van der Waals surface area (Å²) in [5.41, 5.74) is 4.15. The molecule has 0 aliphatic rings. The van der Waals surface area contributed by atoms with Crippen LogP contribution in [0, 0.1) is 0 Å². The number of anilines is 1. The van der Waals surface area contributed by atoms with E-state index in [1.165, 1.54) is 47.1 Å². The number of aromatic nitrogens is 6. The highest BCUT2D eigenvalue weighted by Crippen LogP contribution is 2.35. The quantitative estimate of drug-likeness (QED) is 0.150. The highest BCUT2D eigenvalue weighted by atomic mass is 32.2. The largest absolute Gasteiger partial charge is 0.465 e. The third-order valence-electron chi connectivity index (χ3n) is 6.81. The SMILES string of the molecule is COC(=O)c1cc(-c2ccnn2C)c(C(F)F)cc1N.Cn1nccc1-c1cc2c(=O)n(CS(C)(=O)=O)c(=O)[nH]c2cc1C(F)F. The summed E-state index contributed by atoms with van der Waals surface area (Å²) < 4.78 is 84.1. The Morgan fingerprint density at radius 2 is 1.46 bits per heavy atom. The van der Waals surface area contributed by atoms with Crippen LogP contribution in [0.25, 0.3) is 33.4 Å². The van der Waals surface area contributed by atoms with Gasteiger partial charge in [-0.05, 0) is 36.4 Å². The number of nitrogen functional groups attached to an aromatic ring is 1. The molecule has 0 atom stereocenters. The maximum absolute atomic E-state index is 13.5. The van der Waals surface area contributed by atoms with Crippen molar-refractivity contribution in [2.75, 3.05) is 19.1 Å². The predicted octanol–water partition coefficient (Wildman–Crippen LogP) is 3.42. The molecule has 0 radical (unpaired) electrons. The second-order valence-electron chi connectivity index (χ2n) is 10.0. The van der Waals surface area contributed by atoms with Crippen LogP contribution in [0.4, 0.5) is 23.2 Å². The Kier molecular flexibility index (Phi) is 9.50. The van der Waals surface area contributed by atoms with Crippen LogP contribution >= 0.6 is 0 Å². The topological polar surface area (TPSA) is 177 Å². The van der Waals surface area contributed by atoms with E-state index in [4.69, 9.17) is 5.73 Å². The first-order valence-corrected chi connectivity index (χ1v) is 15.1. The molecule has 5 rings (SSSR count). The number of halogens is 4. The van der Waals surface area contributed by atoms with E-state index in [1.54, 1.807) is 20.2 Å². The first-order chi connectivity index (χ1) is 21.5. The molecule has 3 heterocycles. The fourth-order valence-electron chi connectivity index (χ4n) is 4.67. The lowest BCUT2D eigenvalue weighted by atomic mass is 9.99. The molecule has 3 N–H and O–H groups in total. The van der Waals surface area contributed by atoms with Gasteiger partial charge in [-0.25, -0.2) is 40.1 Å². The second-order valence-corrected chi connectivity index (χ2v) is 12.1.